The van der Waals surface area contributed by atoms with Gasteiger partial charge in [0.25, 0.3) is 5.56 Å². The standard InChI is InChI=1S/C17H22N4OS/c1-12-11-23-17(18-12)20-8-4-6-14(20)10-21-16(22)9-13-5-2-3-7-15(13)19-21/h9,11,14H,2-8,10H2,1H3. The molecule has 2 aliphatic rings. The van der Waals surface area contributed by atoms with Crippen LogP contribution in [0.25, 0.3) is 0 Å². The Morgan fingerprint density at radius 1 is 1.30 bits per heavy atom. The quantitative estimate of drug-likeness (QED) is 0.868. The summed E-state index contributed by atoms with van der Waals surface area (Å²) in [6.07, 6.45) is 6.64. The number of hydrogen-bond donors (Lipinski definition) is 0. The van der Waals surface area contributed by atoms with Crippen LogP contribution in [0, 0.1) is 6.92 Å². The van der Waals surface area contributed by atoms with E-state index in [1.54, 1.807) is 16.0 Å². The first kappa shape index (κ1) is 14.9. The second-order valence-electron chi connectivity index (χ2n) is 6.60. The van der Waals surface area contributed by atoms with Crippen molar-refractivity contribution in [1.29, 1.82) is 0 Å². The number of fused-ring (bicyclic) bond motifs is 1. The minimum atomic E-state index is 0.0489. The van der Waals surface area contributed by atoms with Gasteiger partial charge in [-0.15, -0.1) is 11.3 Å². The summed E-state index contributed by atoms with van der Waals surface area (Å²) in [6, 6.07) is 2.14. The fourth-order valence-electron chi connectivity index (χ4n) is 3.68. The van der Waals surface area contributed by atoms with Crippen molar-refractivity contribution in [1.82, 2.24) is 14.8 Å². The molecule has 122 valence electrons. The van der Waals surface area contributed by atoms with Crippen LogP contribution in [0.5, 0.6) is 0 Å². The first-order valence-electron chi connectivity index (χ1n) is 8.49. The summed E-state index contributed by atoms with van der Waals surface area (Å²) in [5.74, 6) is 0. The van der Waals surface area contributed by atoms with E-state index in [4.69, 9.17) is 0 Å². The molecule has 2 aromatic rings. The smallest absolute Gasteiger partial charge is 0.267 e. The van der Waals surface area contributed by atoms with Gasteiger partial charge in [-0.3, -0.25) is 4.79 Å². The van der Waals surface area contributed by atoms with Crippen molar-refractivity contribution in [3.05, 3.63) is 38.8 Å². The van der Waals surface area contributed by atoms with Gasteiger partial charge in [0, 0.05) is 18.0 Å². The Morgan fingerprint density at radius 3 is 3.00 bits per heavy atom. The summed E-state index contributed by atoms with van der Waals surface area (Å²) in [6.45, 7) is 3.72. The molecular weight excluding hydrogens is 308 g/mol. The Hall–Kier alpha value is -1.69. The lowest BCUT2D eigenvalue weighted by molar-refractivity contribution is 0.473. The van der Waals surface area contributed by atoms with Crippen molar-refractivity contribution in [2.24, 2.45) is 0 Å². The zero-order chi connectivity index (χ0) is 15.8. The van der Waals surface area contributed by atoms with E-state index in [0.29, 0.717) is 12.6 Å². The zero-order valence-electron chi connectivity index (χ0n) is 13.5. The monoisotopic (exact) mass is 330 g/mol. The molecule has 1 unspecified atom stereocenters. The van der Waals surface area contributed by atoms with E-state index >= 15 is 0 Å². The van der Waals surface area contributed by atoms with Crippen LogP contribution in [0.2, 0.25) is 0 Å². The highest BCUT2D eigenvalue weighted by atomic mass is 32.1. The van der Waals surface area contributed by atoms with Crippen LogP contribution in [0.4, 0.5) is 5.13 Å². The van der Waals surface area contributed by atoms with E-state index in [1.807, 2.05) is 13.0 Å². The molecule has 6 heteroatoms. The third-order valence-corrected chi connectivity index (χ3v) is 5.88. The van der Waals surface area contributed by atoms with Crippen molar-refractivity contribution >= 4 is 16.5 Å². The third-order valence-electron chi connectivity index (χ3n) is 4.89. The predicted molar refractivity (Wildman–Crippen MR) is 92.4 cm³/mol. The van der Waals surface area contributed by atoms with Crippen LogP contribution in [0.1, 0.15) is 42.6 Å². The SMILES string of the molecule is Cc1csc(N2CCCC2Cn2nc3c(cc2=O)CCCC3)n1. The highest BCUT2D eigenvalue weighted by molar-refractivity contribution is 7.13. The Balaban J connectivity index is 1.58. The van der Waals surface area contributed by atoms with Crippen molar-refractivity contribution < 1.29 is 0 Å². The molecule has 2 aromatic heterocycles. The third kappa shape index (κ3) is 2.92. The van der Waals surface area contributed by atoms with Gasteiger partial charge in [0.05, 0.1) is 24.0 Å². The van der Waals surface area contributed by atoms with Crippen LogP contribution >= 0.6 is 11.3 Å². The fraction of sp³-hybridized carbons (Fsp3) is 0.588. The van der Waals surface area contributed by atoms with Crippen LogP contribution in [0.3, 0.4) is 0 Å². The Labute approximate surface area is 140 Å². The van der Waals surface area contributed by atoms with E-state index < -0.39 is 0 Å². The molecule has 0 N–H and O–H groups in total. The molecule has 0 aromatic carbocycles. The lowest BCUT2D eigenvalue weighted by atomic mass is 9.97. The molecule has 1 fully saturated rings. The van der Waals surface area contributed by atoms with Gasteiger partial charge in [-0.05, 0) is 51.0 Å². The fourth-order valence-corrected chi connectivity index (χ4v) is 4.58. The first-order chi connectivity index (χ1) is 11.2. The predicted octanol–water partition coefficient (Wildman–Crippen LogP) is 2.56. The number of aromatic nitrogens is 3. The largest absolute Gasteiger partial charge is 0.343 e. The molecule has 0 spiro atoms. The second kappa shape index (κ2) is 6.07. The summed E-state index contributed by atoms with van der Waals surface area (Å²) in [4.78, 5) is 19.4. The molecule has 23 heavy (non-hydrogen) atoms. The normalized spacial score (nSPS) is 20.7. The maximum atomic E-state index is 12.4. The van der Waals surface area contributed by atoms with E-state index in [1.165, 1.54) is 12.8 Å². The van der Waals surface area contributed by atoms with E-state index in [9.17, 15) is 4.79 Å². The molecule has 1 saturated heterocycles. The average Bonchev–Trinajstić information content (AvgIpc) is 3.16. The Bertz CT molecular complexity index is 766. The molecule has 5 nitrogen and oxygen atoms in total. The van der Waals surface area contributed by atoms with Crippen LogP contribution in [-0.2, 0) is 19.4 Å². The van der Waals surface area contributed by atoms with Gasteiger partial charge in [-0.25, -0.2) is 9.67 Å². The maximum absolute atomic E-state index is 12.4. The Morgan fingerprint density at radius 2 is 2.17 bits per heavy atom. The topological polar surface area (TPSA) is 51.0 Å². The molecule has 4 rings (SSSR count). The molecule has 3 heterocycles. The van der Waals surface area contributed by atoms with Gasteiger partial charge in [-0.2, -0.15) is 5.10 Å². The number of anilines is 1. The molecule has 1 aliphatic carbocycles. The summed E-state index contributed by atoms with van der Waals surface area (Å²) in [7, 11) is 0. The van der Waals surface area contributed by atoms with Gasteiger partial charge in [-0.1, -0.05) is 0 Å². The molecule has 0 bridgehead atoms. The molecule has 1 aliphatic heterocycles. The summed E-state index contributed by atoms with van der Waals surface area (Å²) >= 11 is 1.70. The zero-order valence-corrected chi connectivity index (χ0v) is 14.3. The lowest BCUT2D eigenvalue weighted by Gasteiger charge is -2.25. The van der Waals surface area contributed by atoms with Crippen molar-refractivity contribution in [2.75, 3.05) is 11.4 Å². The average molecular weight is 330 g/mol. The van der Waals surface area contributed by atoms with E-state index in [0.717, 1.165) is 54.3 Å². The first-order valence-corrected chi connectivity index (χ1v) is 9.37. The highest BCUT2D eigenvalue weighted by Gasteiger charge is 2.28. The number of nitrogens with zero attached hydrogens (tertiary/aromatic N) is 4. The van der Waals surface area contributed by atoms with Gasteiger partial charge in [0.15, 0.2) is 5.13 Å². The summed E-state index contributed by atoms with van der Waals surface area (Å²) < 4.78 is 1.69. The van der Waals surface area contributed by atoms with Gasteiger partial charge < -0.3 is 4.90 Å². The van der Waals surface area contributed by atoms with Crippen molar-refractivity contribution in [3.63, 3.8) is 0 Å². The maximum Gasteiger partial charge on any atom is 0.267 e. The minimum absolute atomic E-state index is 0.0489. The Kier molecular flexibility index (Phi) is 3.93. The number of rotatable bonds is 3. The highest BCUT2D eigenvalue weighted by Crippen LogP contribution is 2.29. The number of thiazole rings is 1. The van der Waals surface area contributed by atoms with Crippen molar-refractivity contribution in [2.45, 2.75) is 58.0 Å². The molecule has 1 atom stereocenters. The van der Waals surface area contributed by atoms with Crippen molar-refractivity contribution in [3.8, 4) is 0 Å². The second-order valence-corrected chi connectivity index (χ2v) is 7.44. The van der Waals surface area contributed by atoms with Crippen LogP contribution in [-0.4, -0.2) is 27.4 Å². The molecule has 0 radical (unpaired) electrons. The lowest BCUT2D eigenvalue weighted by Crippen LogP contribution is -2.37. The van der Waals surface area contributed by atoms with Crippen LogP contribution < -0.4 is 10.5 Å². The minimum Gasteiger partial charge on any atom is -0.343 e. The number of aryl methyl sites for hydroxylation is 3. The summed E-state index contributed by atoms with van der Waals surface area (Å²) in [5, 5.41) is 7.84. The number of hydrogen-bond acceptors (Lipinski definition) is 5. The molecule has 0 saturated carbocycles. The molecular formula is C17H22N4OS. The molecule has 0 amide bonds. The van der Waals surface area contributed by atoms with Crippen LogP contribution in [0.15, 0.2) is 16.2 Å². The van der Waals surface area contributed by atoms with Gasteiger partial charge >= 0.3 is 0 Å². The van der Waals surface area contributed by atoms with E-state index in [-0.39, 0.29) is 5.56 Å². The van der Waals surface area contributed by atoms with Gasteiger partial charge in [0.1, 0.15) is 0 Å². The summed E-state index contributed by atoms with van der Waals surface area (Å²) in [5.41, 5.74) is 3.41. The van der Waals surface area contributed by atoms with E-state index in [2.05, 4.69) is 20.4 Å². The van der Waals surface area contributed by atoms with Gasteiger partial charge in [0.2, 0.25) is 0 Å².